The second-order valence-corrected chi connectivity index (χ2v) is 4.12. The lowest BCUT2D eigenvalue weighted by Crippen LogP contribution is -2.52. The van der Waals surface area contributed by atoms with Gasteiger partial charge in [0.05, 0.1) is 16.8 Å². The molecule has 0 spiro atoms. The van der Waals surface area contributed by atoms with E-state index in [9.17, 15) is 0 Å². The summed E-state index contributed by atoms with van der Waals surface area (Å²) in [6.07, 6.45) is 0.367. The predicted octanol–water partition coefficient (Wildman–Crippen LogP) is 2.48. The summed E-state index contributed by atoms with van der Waals surface area (Å²) in [4.78, 5) is 2.24. The van der Waals surface area contributed by atoms with Crippen molar-refractivity contribution in [3.63, 3.8) is 0 Å². The molecule has 0 aromatic heterocycles. The molecule has 1 aromatic rings. The summed E-state index contributed by atoms with van der Waals surface area (Å²) >= 11 is 6.11. The van der Waals surface area contributed by atoms with Gasteiger partial charge in [0.15, 0.2) is 0 Å². The van der Waals surface area contributed by atoms with Crippen LogP contribution in [0.25, 0.3) is 0 Å². The summed E-state index contributed by atoms with van der Waals surface area (Å²) in [5, 5.41) is 0.824. The summed E-state index contributed by atoms with van der Waals surface area (Å²) in [5.74, 6) is 0. The van der Waals surface area contributed by atoms with Crippen molar-refractivity contribution in [2.45, 2.75) is 13.0 Å². The number of aryl methyl sites for hydroxylation is 1. The number of anilines is 1. The Hall–Kier alpha value is -0.730. The lowest BCUT2D eigenvalue weighted by molar-refractivity contribution is 0.0788. The predicted molar refractivity (Wildman–Crippen MR) is 59.2 cm³/mol. The molecule has 2 nitrogen and oxygen atoms in total. The Morgan fingerprint density at radius 3 is 2.79 bits per heavy atom. The average molecular weight is 212 g/mol. The maximum absolute atomic E-state index is 6.11. The van der Waals surface area contributed by atoms with Crippen LogP contribution in [0.5, 0.6) is 0 Å². The summed E-state index contributed by atoms with van der Waals surface area (Å²) in [6, 6.07) is 6.10. The highest BCUT2D eigenvalue weighted by molar-refractivity contribution is 6.33. The third-order valence-corrected chi connectivity index (χ3v) is 2.94. The van der Waals surface area contributed by atoms with Crippen molar-refractivity contribution >= 4 is 17.3 Å². The molecule has 1 heterocycles. The fourth-order valence-corrected chi connectivity index (χ4v) is 1.89. The van der Waals surface area contributed by atoms with Crippen molar-refractivity contribution < 1.29 is 4.74 Å². The Kier molecular flexibility index (Phi) is 2.66. The number of hydrogen-bond acceptors (Lipinski definition) is 2. The van der Waals surface area contributed by atoms with Gasteiger partial charge < -0.3 is 9.64 Å². The SMILES string of the molecule is COC1CN(c2cc(C)ccc2Cl)C1. The molecule has 0 unspecified atom stereocenters. The summed E-state index contributed by atoms with van der Waals surface area (Å²) in [6.45, 7) is 3.97. The largest absolute Gasteiger partial charge is 0.378 e. The molecule has 14 heavy (non-hydrogen) atoms. The summed E-state index contributed by atoms with van der Waals surface area (Å²) in [5.41, 5.74) is 2.37. The van der Waals surface area contributed by atoms with Crippen LogP contribution >= 0.6 is 11.6 Å². The van der Waals surface area contributed by atoms with E-state index in [1.54, 1.807) is 7.11 Å². The van der Waals surface area contributed by atoms with Crippen LogP contribution in [0.2, 0.25) is 5.02 Å². The number of methoxy groups -OCH3 is 1. The van der Waals surface area contributed by atoms with Gasteiger partial charge in [-0.25, -0.2) is 0 Å². The van der Waals surface area contributed by atoms with Gasteiger partial charge in [-0.15, -0.1) is 0 Å². The van der Waals surface area contributed by atoms with E-state index in [0.717, 1.165) is 23.8 Å². The third kappa shape index (κ3) is 1.72. The molecule has 1 fully saturated rings. The van der Waals surface area contributed by atoms with Crippen molar-refractivity contribution in [2.75, 3.05) is 25.1 Å². The first kappa shape index (κ1) is 9.81. The highest BCUT2D eigenvalue weighted by Crippen LogP contribution is 2.30. The third-order valence-electron chi connectivity index (χ3n) is 2.62. The minimum Gasteiger partial charge on any atom is -0.378 e. The van der Waals surface area contributed by atoms with Gasteiger partial charge >= 0.3 is 0 Å². The van der Waals surface area contributed by atoms with Crippen LogP contribution < -0.4 is 4.90 Å². The van der Waals surface area contributed by atoms with Gasteiger partial charge in [-0.05, 0) is 24.6 Å². The van der Waals surface area contributed by atoms with E-state index >= 15 is 0 Å². The molecule has 3 heteroatoms. The van der Waals surface area contributed by atoms with Crippen LogP contribution in [-0.2, 0) is 4.74 Å². The number of hydrogen-bond donors (Lipinski definition) is 0. The first-order chi connectivity index (χ1) is 6.70. The Bertz CT molecular complexity index is 334. The Morgan fingerprint density at radius 2 is 2.14 bits per heavy atom. The van der Waals surface area contributed by atoms with E-state index in [1.165, 1.54) is 5.56 Å². The molecule has 0 bridgehead atoms. The molecule has 0 N–H and O–H groups in total. The van der Waals surface area contributed by atoms with Gasteiger partial charge in [0.1, 0.15) is 0 Å². The molecular formula is C11H14ClNO. The molecule has 1 saturated heterocycles. The number of ether oxygens (including phenoxy) is 1. The molecule has 0 radical (unpaired) electrons. The zero-order chi connectivity index (χ0) is 10.1. The molecule has 0 amide bonds. The number of halogens is 1. The maximum atomic E-state index is 6.11. The Morgan fingerprint density at radius 1 is 1.43 bits per heavy atom. The highest BCUT2D eigenvalue weighted by atomic mass is 35.5. The Labute approximate surface area is 89.4 Å². The number of nitrogens with zero attached hydrogens (tertiary/aromatic N) is 1. The topological polar surface area (TPSA) is 12.5 Å². The number of benzene rings is 1. The number of rotatable bonds is 2. The first-order valence-electron chi connectivity index (χ1n) is 4.74. The lowest BCUT2D eigenvalue weighted by Gasteiger charge is -2.40. The maximum Gasteiger partial charge on any atom is 0.0920 e. The van der Waals surface area contributed by atoms with Crippen LogP contribution in [0.3, 0.4) is 0 Å². The van der Waals surface area contributed by atoms with Crippen LogP contribution in [0, 0.1) is 6.92 Å². The minimum atomic E-state index is 0.367. The minimum absolute atomic E-state index is 0.367. The van der Waals surface area contributed by atoms with E-state index in [4.69, 9.17) is 16.3 Å². The molecule has 1 aliphatic heterocycles. The molecule has 0 atom stereocenters. The van der Waals surface area contributed by atoms with E-state index < -0.39 is 0 Å². The fourth-order valence-electron chi connectivity index (χ4n) is 1.65. The second kappa shape index (κ2) is 3.79. The van der Waals surface area contributed by atoms with Gasteiger partial charge in [0.25, 0.3) is 0 Å². The summed E-state index contributed by atoms with van der Waals surface area (Å²) < 4.78 is 5.22. The van der Waals surface area contributed by atoms with Crippen LogP contribution in [-0.4, -0.2) is 26.3 Å². The quantitative estimate of drug-likeness (QED) is 0.745. The van der Waals surface area contributed by atoms with Crippen molar-refractivity contribution in [1.82, 2.24) is 0 Å². The molecule has 1 aliphatic rings. The van der Waals surface area contributed by atoms with Crippen molar-refractivity contribution in [1.29, 1.82) is 0 Å². The zero-order valence-corrected chi connectivity index (χ0v) is 9.21. The normalized spacial score (nSPS) is 16.9. The van der Waals surface area contributed by atoms with Crippen molar-refractivity contribution in [3.05, 3.63) is 28.8 Å². The zero-order valence-electron chi connectivity index (χ0n) is 8.46. The second-order valence-electron chi connectivity index (χ2n) is 3.72. The van der Waals surface area contributed by atoms with E-state index in [0.29, 0.717) is 6.10 Å². The van der Waals surface area contributed by atoms with Crippen LogP contribution in [0.4, 0.5) is 5.69 Å². The molecule has 1 aromatic carbocycles. The summed E-state index contributed by atoms with van der Waals surface area (Å²) in [7, 11) is 1.75. The van der Waals surface area contributed by atoms with E-state index in [1.807, 2.05) is 12.1 Å². The Balaban J connectivity index is 2.13. The van der Waals surface area contributed by atoms with Crippen LogP contribution in [0.1, 0.15) is 5.56 Å². The lowest BCUT2D eigenvalue weighted by atomic mass is 10.1. The van der Waals surface area contributed by atoms with Gasteiger partial charge in [-0.2, -0.15) is 0 Å². The monoisotopic (exact) mass is 211 g/mol. The van der Waals surface area contributed by atoms with Crippen LogP contribution in [0.15, 0.2) is 18.2 Å². The van der Waals surface area contributed by atoms with Gasteiger partial charge in [0.2, 0.25) is 0 Å². The smallest absolute Gasteiger partial charge is 0.0920 e. The van der Waals surface area contributed by atoms with E-state index in [-0.39, 0.29) is 0 Å². The standard InChI is InChI=1S/C11H14ClNO/c1-8-3-4-10(12)11(5-8)13-6-9(7-13)14-2/h3-5,9H,6-7H2,1-2H3. The highest BCUT2D eigenvalue weighted by Gasteiger charge is 2.27. The molecule has 0 saturated carbocycles. The van der Waals surface area contributed by atoms with Crippen molar-refractivity contribution in [2.24, 2.45) is 0 Å². The first-order valence-corrected chi connectivity index (χ1v) is 5.12. The van der Waals surface area contributed by atoms with Crippen molar-refractivity contribution in [3.8, 4) is 0 Å². The molecular weight excluding hydrogens is 198 g/mol. The molecule has 76 valence electrons. The van der Waals surface area contributed by atoms with E-state index in [2.05, 4.69) is 17.9 Å². The van der Waals surface area contributed by atoms with Gasteiger partial charge in [-0.1, -0.05) is 17.7 Å². The average Bonchev–Trinajstić information content (AvgIpc) is 2.09. The fraction of sp³-hybridized carbons (Fsp3) is 0.455. The van der Waals surface area contributed by atoms with Gasteiger partial charge in [-0.3, -0.25) is 0 Å². The molecule has 2 rings (SSSR count). The molecule has 0 aliphatic carbocycles. The van der Waals surface area contributed by atoms with Gasteiger partial charge in [0, 0.05) is 20.2 Å².